The second-order valence-corrected chi connectivity index (χ2v) is 5.09. The molecule has 0 fully saturated rings. The van der Waals surface area contributed by atoms with Gasteiger partial charge in [0.15, 0.2) is 0 Å². The van der Waals surface area contributed by atoms with Crippen molar-refractivity contribution in [3.05, 3.63) is 34.6 Å². The predicted molar refractivity (Wildman–Crippen MR) is 62.7 cm³/mol. The van der Waals surface area contributed by atoms with Crippen molar-refractivity contribution in [2.75, 3.05) is 0 Å². The van der Waals surface area contributed by atoms with Crippen LogP contribution in [0.2, 0.25) is 5.02 Å². The summed E-state index contributed by atoms with van der Waals surface area (Å²) in [4.78, 5) is 11.6. The molecule has 0 aliphatic heterocycles. The summed E-state index contributed by atoms with van der Waals surface area (Å²) in [6, 6.07) is 4.41. The van der Waals surface area contributed by atoms with Crippen LogP contribution in [0.4, 0.5) is 4.39 Å². The number of nitrogens with one attached hydrogen (secondary N) is 1. The Bertz CT molecular complexity index is 398. The molecule has 1 N–H and O–H groups in total. The van der Waals surface area contributed by atoms with Gasteiger partial charge in [0.25, 0.3) is 0 Å². The van der Waals surface area contributed by atoms with Crippen LogP contribution in [0.1, 0.15) is 26.3 Å². The van der Waals surface area contributed by atoms with Gasteiger partial charge in [-0.2, -0.15) is 0 Å². The third-order valence-corrected chi connectivity index (χ3v) is 2.41. The Kier molecular flexibility index (Phi) is 3.92. The molecule has 0 unspecified atom stereocenters. The van der Waals surface area contributed by atoms with Crippen molar-refractivity contribution in [1.82, 2.24) is 5.32 Å². The van der Waals surface area contributed by atoms with Gasteiger partial charge in [-0.15, -0.1) is 0 Å². The van der Waals surface area contributed by atoms with E-state index in [0.29, 0.717) is 6.54 Å². The molecule has 0 saturated carbocycles. The van der Waals surface area contributed by atoms with E-state index in [1.54, 1.807) is 6.07 Å². The minimum atomic E-state index is -0.451. The molecule has 2 nitrogen and oxygen atoms in total. The molecular formula is C12H15ClFNO. The van der Waals surface area contributed by atoms with Gasteiger partial charge in [-0.1, -0.05) is 38.4 Å². The van der Waals surface area contributed by atoms with E-state index in [1.807, 2.05) is 20.8 Å². The third-order valence-electron chi connectivity index (χ3n) is 2.12. The summed E-state index contributed by atoms with van der Waals surface area (Å²) in [5.74, 6) is -0.500. The Labute approximate surface area is 99.8 Å². The van der Waals surface area contributed by atoms with Gasteiger partial charge in [-0.25, -0.2) is 4.39 Å². The van der Waals surface area contributed by atoms with Crippen LogP contribution in [0.15, 0.2) is 18.2 Å². The molecule has 0 radical (unpaired) electrons. The van der Waals surface area contributed by atoms with Gasteiger partial charge in [0.2, 0.25) is 5.91 Å². The molecule has 1 amide bonds. The average molecular weight is 244 g/mol. The van der Waals surface area contributed by atoms with Crippen LogP contribution >= 0.6 is 11.6 Å². The molecule has 0 aliphatic rings. The first kappa shape index (κ1) is 13.0. The molecule has 0 aromatic heterocycles. The standard InChI is InChI=1S/C12H15ClFNO/c1-12(2,3)11(16)15-7-8-4-5-10(14)9(13)6-8/h4-6H,7H2,1-3H3,(H,15,16). The SMILES string of the molecule is CC(C)(C)C(=O)NCc1ccc(F)c(Cl)c1. The average Bonchev–Trinajstić information content (AvgIpc) is 2.18. The highest BCUT2D eigenvalue weighted by molar-refractivity contribution is 6.30. The highest BCUT2D eigenvalue weighted by atomic mass is 35.5. The number of rotatable bonds is 2. The quantitative estimate of drug-likeness (QED) is 0.850. The van der Waals surface area contributed by atoms with Crippen molar-refractivity contribution in [3.63, 3.8) is 0 Å². The Balaban J connectivity index is 2.62. The maximum Gasteiger partial charge on any atom is 0.225 e. The monoisotopic (exact) mass is 243 g/mol. The van der Waals surface area contributed by atoms with Crippen molar-refractivity contribution in [2.24, 2.45) is 5.41 Å². The highest BCUT2D eigenvalue weighted by Gasteiger charge is 2.20. The minimum absolute atomic E-state index is 0.0482. The normalized spacial score (nSPS) is 11.3. The first-order chi connectivity index (χ1) is 7.30. The van der Waals surface area contributed by atoms with Crippen LogP contribution in [0.25, 0.3) is 0 Å². The largest absolute Gasteiger partial charge is 0.352 e. The summed E-state index contributed by atoms with van der Waals surface area (Å²) < 4.78 is 12.9. The van der Waals surface area contributed by atoms with Crippen LogP contribution in [0.3, 0.4) is 0 Å². The Morgan fingerprint density at radius 3 is 2.56 bits per heavy atom. The molecule has 0 atom stereocenters. The molecule has 0 bridgehead atoms. The van der Waals surface area contributed by atoms with Gasteiger partial charge >= 0.3 is 0 Å². The van der Waals surface area contributed by atoms with Gasteiger partial charge in [0, 0.05) is 12.0 Å². The molecule has 4 heteroatoms. The lowest BCUT2D eigenvalue weighted by Gasteiger charge is -2.17. The van der Waals surface area contributed by atoms with Crippen LogP contribution in [-0.4, -0.2) is 5.91 Å². The second-order valence-electron chi connectivity index (χ2n) is 4.68. The summed E-state index contributed by atoms with van der Waals surface area (Å²) in [6.07, 6.45) is 0. The lowest BCUT2D eigenvalue weighted by molar-refractivity contribution is -0.128. The molecule has 1 rings (SSSR count). The van der Waals surface area contributed by atoms with Crippen molar-refractivity contribution in [3.8, 4) is 0 Å². The third kappa shape index (κ3) is 3.49. The Morgan fingerprint density at radius 2 is 2.06 bits per heavy atom. The van der Waals surface area contributed by atoms with Crippen LogP contribution in [0.5, 0.6) is 0 Å². The summed E-state index contributed by atoms with van der Waals surface area (Å²) in [5, 5.41) is 2.84. The Hall–Kier alpha value is -1.09. The smallest absolute Gasteiger partial charge is 0.225 e. The molecule has 0 heterocycles. The number of hydrogen-bond acceptors (Lipinski definition) is 1. The Morgan fingerprint density at radius 1 is 1.44 bits per heavy atom. The molecule has 0 aliphatic carbocycles. The first-order valence-electron chi connectivity index (χ1n) is 5.03. The van der Waals surface area contributed by atoms with Crippen molar-refractivity contribution >= 4 is 17.5 Å². The van der Waals surface area contributed by atoms with Crippen LogP contribution < -0.4 is 5.32 Å². The number of amides is 1. The molecule has 1 aromatic rings. The lowest BCUT2D eigenvalue weighted by Crippen LogP contribution is -2.34. The van der Waals surface area contributed by atoms with E-state index in [1.165, 1.54) is 12.1 Å². The molecule has 0 saturated heterocycles. The molecular weight excluding hydrogens is 229 g/mol. The summed E-state index contributed by atoms with van der Waals surface area (Å²) in [5.41, 5.74) is 0.355. The van der Waals surface area contributed by atoms with Gasteiger partial charge in [0.05, 0.1) is 5.02 Å². The summed E-state index contributed by atoms with van der Waals surface area (Å²) in [7, 11) is 0. The predicted octanol–water partition coefficient (Wildman–Crippen LogP) is 3.14. The van der Waals surface area contributed by atoms with E-state index < -0.39 is 11.2 Å². The topological polar surface area (TPSA) is 29.1 Å². The zero-order chi connectivity index (χ0) is 12.3. The number of carbonyl (C=O) groups is 1. The highest BCUT2D eigenvalue weighted by Crippen LogP contribution is 2.17. The van der Waals surface area contributed by atoms with E-state index in [2.05, 4.69) is 5.32 Å². The summed E-state index contributed by atoms with van der Waals surface area (Å²) >= 11 is 5.63. The summed E-state index contributed by atoms with van der Waals surface area (Å²) in [6.45, 7) is 5.86. The van der Waals surface area contributed by atoms with Gasteiger partial charge in [-0.3, -0.25) is 4.79 Å². The number of carbonyl (C=O) groups excluding carboxylic acids is 1. The zero-order valence-corrected chi connectivity index (χ0v) is 10.4. The van der Waals surface area contributed by atoms with E-state index >= 15 is 0 Å². The minimum Gasteiger partial charge on any atom is -0.352 e. The molecule has 1 aromatic carbocycles. The number of hydrogen-bond donors (Lipinski definition) is 1. The van der Waals surface area contributed by atoms with E-state index in [4.69, 9.17) is 11.6 Å². The van der Waals surface area contributed by atoms with Gasteiger partial charge in [-0.05, 0) is 17.7 Å². The second kappa shape index (κ2) is 4.83. The molecule has 0 spiro atoms. The number of halogens is 2. The van der Waals surface area contributed by atoms with Crippen molar-refractivity contribution < 1.29 is 9.18 Å². The van der Waals surface area contributed by atoms with Crippen LogP contribution in [-0.2, 0) is 11.3 Å². The zero-order valence-electron chi connectivity index (χ0n) is 9.60. The molecule has 88 valence electrons. The maximum absolute atomic E-state index is 12.9. The fourth-order valence-corrected chi connectivity index (χ4v) is 1.30. The fourth-order valence-electron chi connectivity index (χ4n) is 1.10. The number of benzene rings is 1. The lowest BCUT2D eigenvalue weighted by atomic mass is 9.95. The maximum atomic E-state index is 12.9. The first-order valence-corrected chi connectivity index (χ1v) is 5.41. The van der Waals surface area contributed by atoms with Crippen molar-refractivity contribution in [1.29, 1.82) is 0 Å². The van der Waals surface area contributed by atoms with Crippen molar-refractivity contribution in [2.45, 2.75) is 27.3 Å². The van der Waals surface area contributed by atoms with E-state index in [9.17, 15) is 9.18 Å². The van der Waals surface area contributed by atoms with E-state index in [0.717, 1.165) is 5.56 Å². The molecule has 16 heavy (non-hydrogen) atoms. The van der Waals surface area contributed by atoms with E-state index in [-0.39, 0.29) is 10.9 Å². The fraction of sp³-hybridized carbons (Fsp3) is 0.417. The van der Waals surface area contributed by atoms with Crippen LogP contribution in [0, 0.1) is 11.2 Å². The van der Waals surface area contributed by atoms with Gasteiger partial charge in [0.1, 0.15) is 5.82 Å². The van der Waals surface area contributed by atoms with Gasteiger partial charge < -0.3 is 5.32 Å².